The lowest BCUT2D eigenvalue weighted by Crippen LogP contribution is -2.58. The first kappa shape index (κ1) is 24.0. The fourth-order valence-electron chi connectivity index (χ4n) is 4.21. The number of rotatable bonds is 5. The average molecular weight is 480 g/mol. The van der Waals surface area contributed by atoms with Gasteiger partial charge in [-0.3, -0.25) is 0 Å². The standard InChI is InChI=1S/C23H30FN3O5S/c1-13(21-25-20(26-32-21)14-6-7-18(33-5)17(24)8-14)30-19-15-9-27(10-16(19)12-29-11-15)22(28)31-23(2,3)4/h6-8,13,15-16,19H,9-12H2,1-5H3. The molecule has 10 heteroatoms. The highest BCUT2D eigenvalue weighted by atomic mass is 32.2. The van der Waals surface area contributed by atoms with Crippen molar-refractivity contribution in [2.24, 2.45) is 11.8 Å². The summed E-state index contributed by atoms with van der Waals surface area (Å²) in [6.45, 7) is 9.43. The lowest BCUT2D eigenvalue weighted by molar-refractivity contribution is -0.168. The summed E-state index contributed by atoms with van der Waals surface area (Å²) in [6.07, 6.45) is 0.943. The molecule has 3 unspecified atom stereocenters. The summed E-state index contributed by atoms with van der Waals surface area (Å²) in [6, 6.07) is 4.87. The molecule has 0 N–H and O–H groups in total. The number of piperidine rings is 1. The number of ether oxygens (including phenoxy) is 3. The molecule has 2 aliphatic rings. The predicted octanol–water partition coefficient (Wildman–Crippen LogP) is 4.56. The van der Waals surface area contributed by atoms with Gasteiger partial charge in [-0.2, -0.15) is 4.98 Å². The fourth-order valence-corrected chi connectivity index (χ4v) is 4.67. The van der Waals surface area contributed by atoms with Crippen molar-refractivity contribution in [1.82, 2.24) is 15.0 Å². The number of halogens is 1. The molecule has 8 nitrogen and oxygen atoms in total. The van der Waals surface area contributed by atoms with E-state index in [1.54, 1.807) is 17.0 Å². The van der Waals surface area contributed by atoms with Crippen molar-refractivity contribution in [2.75, 3.05) is 32.6 Å². The van der Waals surface area contributed by atoms with Gasteiger partial charge < -0.3 is 23.6 Å². The maximum absolute atomic E-state index is 14.1. The van der Waals surface area contributed by atoms with Crippen molar-refractivity contribution >= 4 is 17.9 Å². The molecule has 0 radical (unpaired) electrons. The van der Waals surface area contributed by atoms with Gasteiger partial charge in [0.1, 0.15) is 17.5 Å². The van der Waals surface area contributed by atoms with Crippen LogP contribution in [0.2, 0.25) is 0 Å². The summed E-state index contributed by atoms with van der Waals surface area (Å²) < 4.78 is 37.2. The van der Waals surface area contributed by atoms with E-state index in [0.717, 1.165) is 0 Å². The Labute approximate surface area is 197 Å². The van der Waals surface area contributed by atoms with Crippen LogP contribution in [0.15, 0.2) is 27.6 Å². The zero-order valence-electron chi connectivity index (χ0n) is 19.5. The summed E-state index contributed by atoms with van der Waals surface area (Å²) >= 11 is 1.34. The summed E-state index contributed by atoms with van der Waals surface area (Å²) in [5, 5.41) is 4.01. The van der Waals surface area contributed by atoms with Crippen LogP contribution in [-0.4, -0.2) is 65.4 Å². The van der Waals surface area contributed by atoms with Crippen molar-refractivity contribution < 1.29 is 27.9 Å². The molecule has 2 aromatic rings. The number of aromatic nitrogens is 2. The third-order valence-electron chi connectivity index (χ3n) is 5.72. The zero-order valence-corrected chi connectivity index (χ0v) is 20.4. The van der Waals surface area contributed by atoms with Gasteiger partial charge in [-0.1, -0.05) is 5.16 Å². The minimum atomic E-state index is -0.543. The first-order chi connectivity index (χ1) is 15.6. The number of thioether (sulfide) groups is 1. The van der Waals surface area contributed by atoms with Crippen molar-refractivity contribution in [3.8, 4) is 11.4 Å². The molecule has 1 aromatic carbocycles. The van der Waals surface area contributed by atoms with Crippen LogP contribution < -0.4 is 0 Å². The number of benzene rings is 1. The molecule has 1 amide bonds. The molecule has 0 saturated carbocycles. The SMILES string of the molecule is CSc1ccc(-c2noc(C(C)OC3C4COCC3CN(C(=O)OC(C)(C)C)C4)n2)cc1F. The second-order valence-electron chi connectivity index (χ2n) is 9.49. The summed E-state index contributed by atoms with van der Waals surface area (Å²) in [5.41, 5.74) is 0.00203. The molecular weight excluding hydrogens is 449 g/mol. The second kappa shape index (κ2) is 9.60. The number of hydrogen-bond donors (Lipinski definition) is 0. The molecule has 3 heterocycles. The molecular formula is C23H30FN3O5S. The van der Waals surface area contributed by atoms with E-state index in [1.807, 2.05) is 34.0 Å². The lowest BCUT2D eigenvalue weighted by Gasteiger charge is -2.47. The highest BCUT2D eigenvalue weighted by Gasteiger charge is 2.44. The van der Waals surface area contributed by atoms with Gasteiger partial charge in [0.15, 0.2) is 0 Å². The van der Waals surface area contributed by atoms with Crippen LogP contribution >= 0.6 is 11.8 Å². The summed E-state index contributed by atoms with van der Waals surface area (Å²) in [7, 11) is 0. The van der Waals surface area contributed by atoms with E-state index in [9.17, 15) is 9.18 Å². The van der Waals surface area contributed by atoms with Crippen LogP contribution in [0.1, 0.15) is 39.7 Å². The van der Waals surface area contributed by atoms with E-state index < -0.39 is 11.7 Å². The van der Waals surface area contributed by atoms with E-state index >= 15 is 0 Å². The Morgan fingerprint density at radius 2 is 1.97 bits per heavy atom. The van der Waals surface area contributed by atoms with E-state index in [-0.39, 0.29) is 29.9 Å². The Balaban J connectivity index is 1.42. The Bertz CT molecular complexity index is 981. The normalized spacial score (nSPS) is 23.9. The molecule has 4 rings (SSSR count). The number of fused-ring (bicyclic) bond motifs is 2. The fraction of sp³-hybridized carbons (Fsp3) is 0.609. The van der Waals surface area contributed by atoms with Crippen LogP contribution in [0.25, 0.3) is 11.4 Å². The third kappa shape index (κ3) is 5.50. The summed E-state index contributed by atoms with van der Waals surface area (Å²) in [4.78, 5) is 19.3. The van der Waals surface area contributed by atoms with Gasteiger partial charge in [-0.15, -0.1) is 11.8 Å². The highest BCUT2D eigenvalue weighted by molar-refractivity contribution is 7.98. The highest BCUT2D eigenvalue weighted by Crippen LogP contribution is 2.34. The zero-order chi connectivity index (χ0) is 23.8. The lowest BCUT2D eigenvalue weighted by atomic mass is 9.84. The number of hydrogen-bond acceptors (Lipinski definition) is 8. The van der Waals surface area contributed by atoms with Crippen molar-refractivity contribution in [3.05, 3.63) is 29.9 Å². The van der Waals surface area contributed by atoms with E-state index in [1.165, 1.54) is 17.8 Å². The summed E-state index contributed by atoms with van der Waals surface area (Å²) in [5.74, 6) is 0.356. The smallest absolute Gasteiger partial charge is 0.410 e. The first-order valence-corrected chi connectivity index (χ1v) is 12.3. The van der Waals surface area contributed by atoms with Crippen molar-refractivity contribution in [1.29, 1.82) is 0 Å². The van der Waals surface area contributed by atoms with Crippen molar-refractivity contribution in [2.45, 2.75) is 50.4 Å². The maximum atomic E-state index is 14.1. The minimum Gasteiger partial charge on any atom is -0.444 e. The van der Waals surface area contributed by atoms with Gasteiger partial charge in [0.05, 0.1) is 19.3 Å². The number of carbonyl (C=O) groups excluding carboxylic acids is 1. The van der Waals surface area contributed by atoms with Crippen LogP contribution in [-0.2, 0) is 14.2 Å². The van der Waals surface area contributed by atoms with Crippen LogP contribution in [0, 0.1) is 17.7 Å². The van der Waals surface area contributed by atoms with Crippen LogP contribution in [0.5, 0.6) is 0 Å². The van der Waals surface area contributed by atoms with Crippen LogP contribution in [0.4, 0.5) is 9.18 Å². The molecule has 3 atom stereocenters. The monoisotopic (exact) mass is 479 g/mol. The quantitative estimate of drug-likeness (QED) is 0.577. The minimum absolute atomic E-state index is 0.0167. The maximum Gasteiger partial charge on any atom is 0.410 e. The molecule has 2 bridgehead atoms. The van der Waals surface area contributed by atoms with Gasteiger partial charge in [-0.05, 0) is 52.1 Å². The van der Waals surface area contributed by atoms with Gasteiger partial charge in [0.2, 0.25) is 5.82 Å². The first-order valence-electron chi connectivity index (χ1n) is 11.0. The van der Waals surface area contributed by atoms with Gasteiger partial charge in [0.25, 0.3) is 5.89 Å². The van der Waals surface area contributed by atoms with Gasteiger partial charge >= 0.3 is 6.09 Å². The molecule has 1 aromatic heterocycles. The Hall–Kier alpha value is -2.17. The Morgan fingerprint density at radius 1 is 1.27 bits per heavy atom. The largest absolute Gasteiger partial charge is 0.444 e. The van der Waals surface area contributed by atoms with Crippen molar-refractivity contribution in [3.63, 3.8) is 0 Å². The molecule has 2 saturated heterocycles. The van der Waals surface area contributed by atoms with Gasteiger partial charge in [0, 0.05) is 35.4 Å². The van der Waals surface area contributed by atoms with E-state index in [2.05, 4.69) is 10.1 Å². The van der Waals surface area contributed by atoms with E-state index in [4.69, 9.17) is 18.7 Å². The third-order valence-corrected chi connectivity index (χ3v) is 6.49. The second-order valence-corrected chi connectivity index (χ2v) is 10.3. The predicted molar refractivity (Wildman–Crippen MR) is 120 cm³/mol. The Kier molecular flexibility index (Phi) is 6.97. The van der Waals surface area contributed by atoms with Crippen LogP contribution in [0.3, 0.4) is 0 Å². The molecule has 33 heavy (non-hydrogen) atoms. The topological polar surface area (TPSA) is 86.9 Å². The molecule has 2 fully saturated rings. The number of carbonyl (C=O) groups is 1. The molecule has 0 aliphatic carbocycles. The Morgan fingerprint density at radius 3 is 2.58 bits per heavy atom. The number of likely N-dealkylation sites (tertiary alicyclic amines) is 1. The van der Waals surface area contributed by atoms with E-state index in [0.29, 0.717) is 48.5 Å². The molecule has 0 spiro atoms. The number of amides is 1. The molecule has 180 valence electrons. The number of nitrogens with zero attached hydrogens (tertiary/aromatic N) is 3. The average Bonchev–Trinajstić information content (AvgIpc) is 3.22. The van der Waals surface area contributed by atoms with Gasteiger partial charge in [-0.25, -0.2) is 9.18 Å². The molecule has 2 aliphatic heterocycles.